The van der Waals surface area contributed by atoms with Crippen molar-refractivity contribution >= 4 is 6.29 Å². The fourth-order valence-electron chi connectivity index (χ4n) is 1.84. The molecule has 1 heterocycles. The highest BCUT2D eigenvalue weighted by Crippen LogP contribution is 2.16. The van der Waals surface area contributed by atoms with Crippen LogP contribution in [0.5, 0.6) is 0 Å². The van der Waals surface area contributed by atoms with Crippen molar-refractivity contribution in [3.05, 3.63) is 0 Å². The molecule has 0 aromatic rings. The topological polar surface area (TPSA) is 40.5 Å². The first-order chi connectivity index (χ1) is 6.51. The number of aldehydes is 1. The van der Waals surface area contributed by atoms with Crippen molar-refractivity contribution in [3.63, 3.8) is 0 Å². The van der Waals surface area contributed by atoms with E-state index in [2.05, 4.69) is 4.90 Å². The molecule has 1 aliphatic heterocycles. The van der Waals surface area contributed by atoms with Crippen molar-refractivity contribution < 1.29 is 9.90 Å². The smallest absolute Gasteiger partial charge is 0.124 e. The summed E-state index contributed by atoms with van der Waals surface area (Å²) in [6, 6.07) is 0. The van der Waals surface area contributed by atoms with Gasteiger partial charge >= 0.3 is 0 Å². The molecule has 3 heteroatoms. The summed E-state index contributed by atoms with van der Waals surface area (Å²) in [5.74, 6) is 0.213. The fourth-order valence-corrected chi connectivity index (χ4v) is 1.84. The number of nitrogens with zero attached hydrogens (tertiary/aromatic N) is 1. The van der Waals surface area contributed by atoms with E-state index in [1.54, 1.807) is 0 Å². The average molecular weight is 199 g/mol. The first-order valence-corrected chi connectivity index (χ1v) is 5.41. The number of likely N-dealkylation sites (tertiary alicyclic amines) is 1. The number of aliphatic hydroxyl groups is 1. The van der Waals surface area contributed by atoms with E-state index in [0.717, 1.165) is 45.2 Å². The Kier molecular flexibility index (Phi) is 4.08. The SMILES string of the molecule is CC(C)(O)CCN1CCCC(C=O)C1. The number of piperidine rings is 1. The van der Waals surface area contributed by atoms with E-state index >= 15 is 0 Å². The zero-order chi connectivity index (χ0) is 10.6. The molecule has 0 aromatic carbocycles. The predicted molar refractivity (Wildman–Crippen MR) is 56.1 cm³/mol. The van der Waals surface area contributed by atoms with Gasteiger partial charge in [0.05, 0.1) is 5.60 Å². The van der Waals surface area contributed by atoms with Crippen molar-refractivity contribution in [3.8, 4) is 0 Å². The summed E-state index contributed by atoms with van der Waals surface area (Å²) in [5.41, 5.74) is -0.589. The Morgan fingerprint density at radius 3 is 2.86 bits per heavy atom. The number of hydrogen-bond donors (Lipinski definition) is 1. The second kappa shape index (κ2) is 4.89. The van der Waals surface area contributed by atoms with Crippen LogP contribution in [0.4, 0.5) is 0 Å². The predicted octanol–water partition coefficient (Wildman–Crippen LogP) is 1.06. The van der Waals surface area contributed by atoms with Crippen LogP contribution in [0.15, 0.2) is 0 Å². The van der Waals surface area contributed by atoms with Crippen LogP contribution in [0.25, 0.3) is 0 Å². The first kappa shape index (κ1) is 11.7. The minimum atomic E-state index is -0.589. The number of carbonyl (C=O) groups is 1. The van der Waals surface area contributed by atoms with Crippen LogP contribution >= 0.6 is 0 Å². The third kappa shape index (κ3) is 4.20. The van der Waals surface area contributed by atoms with Crippen LogP contribution in [-0.2, 0) is 4.79 Å². The van der Waals surface area contributed by atoms with Crippen LogP contribution < -0.4 is 0 Å². The molecule has 82 valence electrons. The molecule has 0 bridgehead atoms. The number of carbonyl (C=O) groups excluding carboxylic acids is 1. The fraction of sp³-hybridized carbons (Fsp3) is 0.909. The molecule has 1 unspecified atom stereocenters. The molecule has 0 radical (unpaired) electrons. The Labute approximate surface area is 86.1 Å². The van der Waals surface area contributed by atoms with Gasteiger partial charge in [-0.1, -0.05) is 0 Å². The molecule has 0 aromatic heterocycles. The second-order valence-electron chi connectivity index (χ2n) is 4.90. The van der Waals surface area contributed by atoms with Gasteiger partial charge in [0.2, 0.25) is 0 Å². The Morgan fingerprint density at radius 1 is 1.57 bits per heavy atom. The van der Waals surface area contributed by atoms with E-state index < -0.39 is 5.60 Å². The average Bonchev–Trinajstić information content (AvgIpc) is 2.14. The molecular formula is C11H21NO2. The van der Waals surface area contributed by atoms with E-state index in [9.17, 15) is 9.90 Å². The molecule has 1 atom stereocenters. The minimum absolute atomic E-state index is 0.213. The normalized spacial score (nSPS) is 24.9. The van der Waals surface area contributed by atoms with Crippen LogP contribution in [0.2, 0.25) is 0 Å². The third-order valence-electron chi connectivity index (χ3n) is 2.77. The van der Waals surface area contributed by atoms with Gasteiger partial charge in [-0.2, -0.15) is 0 Å². The van der Waals surface area contributed by atoms with Crippen molar-refractivity contribution in [1.29, 1.82) is 0 Å². The van der Waals surface area contributed by atoms with Gasteiger partial charge in [-0.15, -0.1) is 0 Å². The van der Waals surface area contributed by atoms with Crippen molar-refractivity contribution in [2.24, 2.45) is 5.92 Å². The molecule has 14 heavy (non-hydrogen) atoms. The van der Waals surface area contributed by atoms with Gasteiger partial charge in [-0.25, -0.2) is 0 Å². The minimum Gasteiger partial charge on any atom is -0.390 e. The Balaban J connectivity index is 2.27. The highest BCUT2D eigenvalue weighted by Gasteiger charge is 2.21. The van der Waals surface area contributed by atoms with Crippen molar-refractivity contribution in [2.75, 3.05) is 19.6 Å². The summed E-state index contributed by atoms with van der Waals surface area (Å²) in [7, 11) is 0. The highest BCUT2D eigenvalue weighted by atomic mass is 16.3. The van der Waals surface area contributed by atoms with Gasteiger partial charge in [0, 0.05) is 19.0 Å². The highest BCUT2D eigenvalue weighted by molar-refractivity contribution is 5.53. The van der Waals surface area contributed by atoms with Gasteiger partial charge < -0.3 is 14.8 Å². The Morgan fingerprint density at radius 2 is 2.29 bits per heavy atom. The van der Waals surface area contributed by atoms with Crippen molar-refractivity contribution in [1.82, 2.24) is 4.90 Å². The monoisotopic (exact) mass is 199 g/mol. The molecule has 1 N–H and O–H groups in total. The summed E-state index contributed by atoms with van der Waals surface area (Å²) >= 11 is 0. The number of hydrogen-bond acceptors (Lipinski definition) is 3. The van der Waals surface area contributed by atoms with Crippen molar-refractivity contribution in [2.45, 2.75) is 38.7 Å². The largest absolute Gasteiger partial charge is 0.390 e. The molecule has 0 aliphatic carbocycles. The summed E-state index contributed by atoms with van der Waals surface area (Å²) in [4.78, 5) is 12.9. The van der Waals surface area contributed by atoms with E-state index in [4.69, 9.17) is 0 Å². The maximum Gasteiger partial charge on any atom is 0.124 e. The molecule has 1 aliphatic rings. The summed E-state index contributed by atoms with van der Waals surface area (Å²) in [5, 5.41) is 9.58. The zero-order valence-corrected chi connectivity index (χ0v) is 9.20. The molecule has 1 saturated heterocycles. The quantitative estimate of drug-likeness (QED) is 0.688. The lowest BCUT2D eigenvalue weighted by atomic mass is 9.98. The first-order valence-electron chi connectivity index (χ1n) is 5.41. The van der Waals surface area contributed by atoms with E-state index in [-0.39, 0.29) is 5.92 Å². The van der Waals surface area contributed by atoms with Gasteiger partial charge in [-0.05, 0) is 39.7 Å². The maximum atomic E-state index is 10.6. The standard InChI is InChI=1S/C11H21NO2/c1-11(2,14)5-7-12-6-3-4-10(8-12)9-13/h9-10,14H,3-8H2,1-2H3. The van der Waals surface area contributed by atoms with Crippen LogP contribution in [0.3, 0.4) is 0 Å². The molecule has 0 saturated carbocycles. The molecule has 3 nitrogen and oxygen atoms in total. The summed E-state index contributed by atoms with van der Waals surface area (Å²) in [6.45, 7) is 6.50. The molecule has 0 spiro atoms. The molecule has 1 rings (SSSR count). The van der Waals surface area contributed by atoms with Crippen LogP contribution in [0.1, 0.15) is 33.1 Å². The van der Waals surface area contributed by atoms with Crippen LogP contribution in [-0.4, -0.2) is 41.5 Å². The lowest BCUT2D eigenvalue weighted by Gasteiger charge is -2.31. The van der Waals surface area contributed by atoms with E-state index in [1.807, 2.05) is 13.8 Å². The van der Waals surface area contributed by atoms with Gasteiger partial charge in [-0.3, -0.25) is 0 Å². The second-order valence-corrected chi connectivity index (χ2v) is 4.90. The van der Waals surface area contributed by atoms with E-state index in [1.165, 1.54) is 0 Å². The van der Waals surface area contributed by atoms with Gasteiger partial charge in [0.15, 0.2) is 0 Å². The Bertz CT molecular complexity index is 186. The van der Waals surface area contributed by atoms with Gasteiger partial charge in [0.1, 0.15) is 6.29 Å². The van der Waals surface area contributed by atoms with E-state index in [0.29, 0.717) is 0 Å². The van der Waals surface area contributed by atoms with Crippen LogP contribution in [0, 0.1) is 5.92 Å². The number of rotatable bonds is 4. The Hall–Kier alpha value is -0.410. The summed E-state index contributed by atoms with van der Waals surface area (Å²) < 4.78 is 0. The lowest BCUT2D eigenvalue weighted by Crippen LogP contribution is -2.38. The molecule has 0 amide bonds. The lowest BCUT2D eigenvalue weighted by molar-refractivity contribution is -0.112. The third-order valence-corrected chi connectivity index (χ3v) is 2.77. The molecule has 1 fully saturated rings. The van der Waals surface area contributed by atoms with Gasteiger partial charge in [0.25, 0.3) is 0 Å². The molecular weight excluding hydrogens is 178 g/mol. The maximum absolute atomic E-state index is 10.6. The summed E-state index contributed by atoms with van der Waals surface area (Å²) in [6.07, 6.45) is 3.98. The zero-order valence-electron chi connectivity index (χ0n) is 9.20.